The number of rotatable bonds is 3. The zero-order valence-corrected chi connectivity index (χ0v) is 10.5. The molecule has 2 heteroatoms. The maximum atomic E-state index is 3.29. The Morgan fingerprint density at radius 2 is 2.25 bits per heavy atom. The van der Waals surface area contributed by atoms with E-state index in [1.807, 2.05) is 7.05 Å². The first kappa shape index (κ1) is 11.5. The minimum Gasteiger partial charge on any atom is -0.369 e. The fourth-order valence-corrected chi connectivity index (χ4v) is 2.46. The van der Waals surface area contributed by atoms with Crippen molar-refractivity contribution in [2.75, 3.05) is 18.5 Å². The predicted molar refractivity (Wildman–Crippen MR) is 70.0 cm³/mol. The highest BCUT2D eigenvalue weighted by molar-refractivity contribution is 5.50. The Hall–Kier alpha value is -1.02. The predicted octanol–water partition coefficient (Wildman–Crippen LogP) is 2.96. The first-order valence-electron chi connectivity index (χ1n) is 6.26. The van der Waals surface area contributed by atoms with Crippen LogP contribution in [0.25, 0.3) is 0 Å². The van der Waals surface area contributed by atoms with E-state index in [0.29, 0.717) is 12.1 Å². The van der Waals surface area contributed by atoms with Crippen molar-refractivity contribution in [3.63, 3.8) is 0 Å². The van der Waals surface area contributed by atoms with Crippen LogP contribution in [0.4, 0.5) is 5.69 Å². The van der Waals surface area contributed by atoms with Crippen molar-refractivity contribution < 1.29 is 0 Å². The summed E-state index contributed by atoms with van der Waals surface area (Å²) in [6.45, 7) is 5.73. The molecule has 2 nitrogen and oxygen atoms in total. The summed E-state index contributed by atoms with van der Waals surface area (Å²) >= 11 is 0. The van der Waals surface area contributed by atoms with Gasteiger partial charge in [-0.25, -0.2) is 0 Å². The van der Waals surface area contributed by atoms with E-state index >= 15 is 0 Å². The van der Waals surface area contributed by atoms with E-state index in [0.717, 1.165) is 0 Å². The molecule has 1 saturated heterocycles. The number of nitrogens with zero attached hydrogens (tertiary/aromatic N) is 1. The Morgan fingerprint density at radius 3 is 2.88 bits per heavy atom. The Kier molecular flexibility index (Phi) is 3.49. The lowest BCUT2D eigenvalue weighted by atomic mass is 10.1. The zero-order chi connectivity index (χ0) is 11.5. The van der Waals surface area contributed by atoms with E-state index in [2.05, 4.69) is 48.3 Å². The van der Waals surface area contributed by atoms with Crippen LogP contribution in [0.5, 0.6) is 0 Å². The van der Waals surface area contributed by atoms with Gasteiger partial charge in [-0.1, -0.05) is 12.1 Å². The largest absolute Gasteiger partial charge is 0.369 e. The molecule has 0 saturated carbocycles. The molecule has 1 fully saturated rings. The fraction of sp³-hybridized carbons (Fsp3) is 0.571. The van der Waals surface area contributed by atoms with Crippen LogP contribution in [0.2, 0.25) is 0 Å². The number of nitrogens with one attached hydrogen (secondary N) is 1. The third-order valence-electron chi connectivity index (χ3n) is 3.69. The molecular weight excluding hydrogens is 196 g/mol. The summed E-state index contributed by atoms with van der Waals surface area (Å²) < 4.78 is 0. The van der Waals surface area contributed by atoms with Crippen molar-refractivity contribution in [1.82, 2.24) is 5.32 Å². The van der Waals surface area contributed by atoms with Gasteiger partial charge in [-0.3, -0.25) is 0 Å². The molecule has 0 aromatic heterocycles. The molecule has 0 amide bonds. The third kappa shape index (κ3) is 2.22. The van der Waals surface area contributed by atoms with Crippen molar-refractivity contribution >= 4 is 5.69 Å². The van der Waals surface area contributed by atoms with Crippen molar-refractivity contribution in [1.29, 1.82) is 0 Å². The number of hydrogen-bond donors (Lipinski definition) is 1. The molecule has 2 rings (SSSR count). The van der Waals surface area contributed by atoms with Gasteiger partial charge in [0.1, 0.15) is 0 Å². The summed E-state index contributed by atoms with van der Waals surface area (Å²) in [7, 11) is 2.01. The van der Waals surface area contributed by atoms with E-state index < -0.39 is 0 Å². The van der Waals surface area contributed by atoms with Gasteiger partial charge in [0, 0.05) is 24.3 Å². The van der Waals surface area contributed by atoms with Crippen molar-refractivity contribution in [2.24, 2.45) is 0 Å². The number of hydrogen-bond acceptors (Lipinski definition) is 2. The molecule has 16 heavy (non-hydrogen) atoms. The van der Waals surface area contributed by atoms with Gasteiger partial charge in [0.15, 0.2) is 0 Å². The van der Waals surface area contributed by atoms with Gasteiger partial charge in [-0.05, 0) is 51.4 Å². The molecular formula is C14H22N2. The molecule has 1 aliphatic rings. The Balaban J connectivity index is 2.21. The summed E-state index contributed by atoms with van der Waals surface area (Å²) in [5.74, 6) is 0. The van der Waals surface area contributed by atoms with Crippen LogP contribution in [0.1, 0.15) is 38.3 Å². The second kappa shape index (κ2) is 4.88. The lowest BCUT2D eigenvalue weighted by Crippen LogP contribution is -2.26. The van der Waals surface area contributed by atoms with Gasteiger partial charge in [0.05, 0.1) is 0 Å². The van der Waals surface area contributed by atoms with Crippen LogP contribution in [0.3, 0.4) is 0 Å². The van der Waals surface area contributed by atoms with E-state index in [4.69, 9.17) is 0 Å². The Bertz CT molecular complexity index is 348. The molecule has 2 unspecified atom stereocenters. The first-order valence-corrected chi connectivity index (χ1v) is 6.26. The normalized spacial score (nSPS) is 22.4. The van der Waals surface area contributed by atoms with Gasteiger partial charge in [-0.15, -0.1) is 0 Å². The average Bonchev–Trinajstić information content (AvgIpc) is 2.74. The van der Waals surface area contributed by atoms with E-state index in [-0.39, 0.29) is 0 Å². The Morgan fingerprint density at radius 1 is 1.44 bits per heavy atom. The molecule has 0 radical (unpaired) electrons. The molecule has 0 bridgehead atoms. The maximum Gasteiger partial charge on any atom is 0.0371 e. The van der Waals surface area contributed by atoms with Crippen molar-refractivity contribution in [3.8, 4) is 0 Å². The summed E-state index contributed by atoms with van der Waals surface area (Å²) in [6.07, 6.45) is 2.65. The maximum absolute atomic E-state index is 3.29. The van der Waals surface area contributed by atoms with Crippen LogP contribution in [0.15, 0.2) is 24.3 Å². The standard InChI is InChI=1S/C14H22N2/c1-11-6-5-9-16(11)14-8-4-7-13(10-14)12(2)15-3/h4,7-8,10-12,15H,5-6,9H2,1-3H3. The minimum atomic E-state index is 0.429. The Labute approximate surface area is 98.7 Å². The minimum absolute atomic E-state index is 0.429. The monoisotopic (exact) mass is 218 g/mol. The molecule has 1 aromatic carbocycles. The van der Waals surface area contributed by atoms with Crippen LogP contribution < -0.4 is 10.2 Å². The molecule has 0 spiro atoms. The highest BCUT2D eigenvalue weighted by atomic mass is 15.2. The SMILES string of the molecule is CNC(C)c1cccc(N2CCCC2C)c1. The van der Waals surface area contributed by atoms with Gasteiger partial charge in [0.25, 0.3) is 0 Å². The average molecular weight is 218 g/mol. The number of anilines is 1. The zero-order valence-electron chi connectivity index (χ0n) is 10.5. The molecule has 0 aliphatic carbocycles. The van der Waals surface area contributed by atoms with Gasteiger partial charge in [0.2, 0.25) is 0 Å². The third-order valence-corrected chi connectivity index (χ3v) is 3.69. The molecule has 88 valence electrons. The smallest absolute Gasteiger partial charge is 0.0371 e. The van der Waals surface area contributed by atoms with E-state index in [9.17, 15) is 0 Å². The van der Waals surface area contributed by atoms with Crippen LogP contribution in [-0.2, 0) is 0 Å². The van der Waals surface area contributed by atoms with Gasteiger partial charge in [-0.2, -0.15) is 0 Å². The molecule has 1 aromatic rings. The van der Waals surface area contributed by atoms with Crippen LogP contribution in [-0.4, -0.2) is 19.6 Å². The topological polar surface area (TPSA) is 15.3 Å². The summed E-state index contributed by atoms with van der Waals surface area (Å²) in [5.41, 5.74) is 2.75. The summed E-state index contributed by atoms with van der Waals surface area (Å²) in [6, 6.07) is 10.0. The molecule has 2 atom stereocenters. The van der Waals surface area contributed by atoms with Crippen LogP contribution >= 0.6 is 0 Å². The highest BCUT2D eigenvalue weighted by Crippen LogP contribution is 2.27. The fourth-order valence-electron chi connectivity index (χ4n) is 2.46. The second-order valence-electron chi connectivity index (χ2n) is 4.79. The van der Waals surface area contributed by atoms with Crippen molar-refractivity contribution in [2.45, 2.75) is 38.8 Å². The van der Waals surface area contributed by atoms with Crippen LogP contribution in [0, 0.1) is 0 Å². The molecule has 1 heterocycles. The quantitative estimate of drug-likeness (QED) is 0.839. The van der Waals surface area contributed by atoms with E-state index in [1.54, 1.807) is 0 Å². The second-order valence-corrected chi connectivity index (χ2v) is 4.79. The van der Waals surface area contributed by atoms with E-state index in [1.165, 1.54) is 30.6 Å². The molecule has 1 aliphatic heterocycles. The summed E-state index contributed by atoms with van der Waals surface area (Å²) in [5, 5.41) is 3.29. The highest BCUT2D eigenvalue weighted by Gasteiger charge is 2.20. The van der Waals surface area contributed by atoms with Gasteiger partial charge < -0.3 is 10.2 Å². The molecule has 1 N–H and O–H groups in total. The summed E-state index contributed by atoms with van der Waals surface area (Å²) in [4.78, 5) is 2.52. The lowest BCUT2D eigenvalue weighted by Gasteiger charge is -2.25. The van der Waals surface area contributed by atoms with Crippen molar-refractivity contribution in [3.05, 3.63) is 29.8 Å². The van der Waals surface area contributed by atoms with Gasteiger partial charge >= 0.3 is 0 Å². The lowest BCUT2D eigenvalue weighted by molar-refractivity contribution is 0.651. The number of benzene rings is 1. The first-order chi connectivity index (χ1) is 7.72.